The minimum absolute atomic E-state index is 0.653. The Bertz CT molecular complexity index is 2030. The van der Waals surface area contributed by atoms with Crippen LogP contribution in [0, 0.1) is 0 Å². The summed E-state index contributed by atoms with van der Waals surface area (Å²) in [7, 11) is 0.653. The predicted octanol–water partition coefficient (Wildman–Crippen LogP) is 10.2. The van der Waals surface area contributed by atoms with Gasteiger partial charge in [0.2, 0.25) is 0 Å². The molecule has 0 unspecified atom stereocenters. The predicted molar refractivity (Wildman–Crippen MR) is 203 cm³/mol. The van der Waals surface area contributed by atoms with Gasteiger partial charge in [0.25, 0.3) is 0 Å². The van der Waals surface area contributed by atoms with Crippen molar-refractivity contribution in [2.24, 2.45) is 0 Å². The summed E-state index contributed by atoms with van der Waals surface area (Å²) in [6.45, 7) is 0. The second-order valence-corrected chi connectivity index (χ2v) is 12.9. The Morgan fingerprint density at radius 1 is 0.298 bits per heavy atom. The van der Waals surface area contributed by atoms with Gasteiger partial charge in [-0.3, -0.25) is 0 Å². The maximum absolute atomic E-state index is 2.30. The summed E-state index contributed by atoms with van der Waals surface area (Å²) in [5, 5.41) is 2.70. The Morgan fingerprint density at radius 3 is 1.00 bits per heavy atom. The van der Waals surface area contributed by atoms with Crippen LogP contribution in [0.1, 0.15) is 33.4 Å². The quantitative estimate of drug-likeness (QED) is 0.112. The molecule has 0 spiro atoms. The summed E-state index contributed by atoms with van der Waals surface area (Å²) in [6, 6.07) is 69.4. The minimum Gasteiger partial charge on any atom is -0.0631 e. The largest absolute Gasteiger partial charge is 0.121 e. The molecule has 0 bridgehead atoms. The van der Waals surface area contributed by atoms with E-state index in [4.69, 9.17) is 0 Å². The highest BCUT2D eigenvalue weighted by Gasteiger charge is 2.08. The summed E-state index contributed by atoms with van der Waals surface area (Å²) < 4.78 is 0. The van der Waals surface area contributed by atoms with E-state index in [0.717, 1.165) is 0 Å². The van der Waals surface area contributed by atoms with Crippen molar-refractivity contribution in [2.75, 3.05) is 0 Å². The van der Waals surface area contributed by atoms with Gasteiger partial charge >= 0.3 is 0 Å². The molecule has 0 aliphatic heterocycles. The van der Waals surface area contributed by atoms with Crippen molar-refractivity contribution in [1.82, 2.24) is 0 Å². The Balaban J connectivity index is 1.13. The smallest absolute Gasteiger partial charge is 0.0631 e. The number of hydrogen-bond donors (Lipinski definition) is 0. The first-order valence-corrected chi connectivity index (χ1v) is 17.0. The zero-order chi connectivity index (χ0) is 31.7. The monoisotopic (exact) mass is 614 g/mol. The highest BCUT2D eigenvalue weighted by atomic mass is 28.2. The van der Waals surface area contributed by atoms with Crippen LogP contribution in [0.2, 0.25) is 0 Å². The number of benzene rings is 7. The molecule has 0 amide bonds. The van der Waals surface area contributed by atoms with Gasteiger partial charge in [0.15, 0.2) is 0 Å². The molecule has 0 fully saturated rings. The first-order valence-electron chi connectivity index (χ1n) is 16.0. The molecule has 0 aromatic heterocycles. The Morgan fingerprint density at radius 2 is 0.617 bits per heavy atom. The van der Waals surface area contributed by atoms with Gasteiger partial charge in [0.05, 0.1) is 0 Å². The fraction of sp³-hybridized carbons (Fsp3) is 0. The van der Waals surface area contributed by atoms with E-state index in [-0.39, 0.29) is 0 Å². The standard InChI is InChI=1S/C46H34Si/c1-5-13-39(14-6-1)45(40-15-7-2-8-16-40)33-35-21-25-37(26-22-35)38-27-23-36(24-28-38)34-46(41-17-9-3-10-18-41)42-29-31-44(32-30-42)47-43-19-11-4-12-20-43/h1-34H. The molecule has 1 heteroatoms. The Hall–Kier alpha value is -5.76. The van der Waals surface area contributed by atoms with E-state index in [0.29, 0.717) is 9.52 Å². The van der Waals surface area contributed by atoms with Crippen molar-refractivity contribution in [3.8, 4) is 11.1 Å². The Kier molecular flexibility index (Phi) is 9.27. The molecule has 0 saturated carbocycles. The van der Waals surface area contributed by atoms with Gasteiger partial charge in [0.1, 0.15) is 9.52 Å². The van der Waals surface area contributed by atoms with Gasteiger partial charge in [-0.05, 0) is 67.8 Å². The highest BCUT2D eigenvalue weighted by molar-refractivity contribution is 6.67. The third-order valence-electron chi connectivity index (χ3n) is 8.29. The lowest BCUT2D eigenvalue weighted by molar-refractivity contribution is 1.54. The summed E-state index contributed by atoms with van der Waals surface area (Å²) in [5.74, 6) is 0. The molecule has 0 heterocycles. The van der Waals surface area contributed by atoms with E-state index in [1.54, 1.807) is 0 Å². The average molecular weight is 615 g/mol. The molecule has 7 aromatic rings. The fourth-order valence-electron chi connectivity index (χ4n) is 5.82. The molecule has 0 aliphatic rings. The molecule has 0 saturated heterocycles. The van der Waals surface area contributed by atoms with Crippen LogP contribution in [0.25, 0.3) is 34.4 Å². The molecule has 0 atom stereocenters. The summed E-state index contributed by atoms with van der Waals surface area (Å²) in [5.41, 5.74) is 12.1. The summed E-state index contributed by atoms with van der Waals surface area (Å²) >= 11 is 0. The van der Waals surface area contributed by atoms with E-state index in [1.807, 2.05) is 0 Å². The van der Waals surface area contributed by atoms with Crippen LogP contribution in [0.15, 0.2) is 194 Å². The summed E-state index contributed by atoms with van der Waals surface area (Å²) in [4.78, 5) is 0. The maximum Gasteiger partial charge on any atom is 0.121 e. The van der Waals surface area contributed by atoms with Crippen molar-refractivity contribution >= 4 is 43.2 Å². The molecule has 47 heavy (non-hydrogen) atoms. The van der Waals surface area contributed by atoms with Crippen LogP contribution in [-0.4, -0.2) is 9.52 Å². The lowest BCUT2D eigenvalue weighted by atomic mass is 9.94. The van der Waals surface area contributed by atoms with Gasteiger partial charge < -0.3 is 0 Å². The first kappa shape index (κ1) is 29.9. The van der Waals surface area contributed by atoms with Crippen LogP contribution in [-0.2, 0) is 0 Å². The normalized spacial score (nSPS) is 11.2. The van der Waals surface area contributed by atoms with E-state index in [9.17, 15) is 0 Å². The topological polar surface area (TPSA) is 0 Å². The lowest BCUT2D eigenvalue weighted by Gasteiger charge is -2.11. The highest BCUT2D eigenvalue weighted by Crippen LogP contribution is 2.29. The Labute approximate surface area is 280 Å². The number of hydrogen-bond acceptors (Lipinski definition) is 0. The van der Waals surface area contributed by atoms with Gasteiger partial charge in [-0.1, -0.05) is 204 Å². The van der Waals surface area contributed by atoms with E-state index in [2.05, 4.69) is 206 Å². The second-order valence-electron chi connectivity index (χ2n) is 11.5. The van der Waals surface area contributed by atoms with Crippen LogP contribution in [0.5, 0.6) is 0 Å². The van der Waals surface area contributed by atoms with Crippen LogP contribution in [0.3, 0.4) is 0 Å². The van der Waals surface area contributed by atoms with Gasteiger partial charge in [-0.2, -0.15) is 0 Å². The molecule has 0 aliphatic carbocycles. The van der Waals surface area contributed by atoms with Crippen LogP contribution < -0.4 is 10.4 Å². The van der Waals surface area contributed by atoms with Gasteiger partial charge in [-0.25, -0.2) is 0 Å². The summed E-state index contributed by atoms with van der Waals surface area (Å²) in [6.07, 6.45) is 4.58. The van der Waals surface area contributed by atoms with Crippen molar-refractivity contribution < 1.29 is 0 Å². The minimum atomic E-state index is 0.653. The molecule has 2 radical (unpaired) electrons. The SMILES string of the molecule is C(=C(c1ccccc1)c1ccccc1)c1ccc(-c2ccc(C=C(c3ccccc3)c3ccc([Si]c4ccccc4)cc3)cc2)cc1. The van der Waals surface area contributed by atoms with Crippen LogP contribution >= 0.6 is 0 Å². The molecule has 7 rings (SSSR count). The van der Waals surface area contributed by atoms with E-state index >= 15 is 0 Å². The third-order valence-corrected chi connectivity index (χ3v) is 9.53. The van der Waals surface area contributed by atoms with Crippen molar-refractivity contribution in [1.29, 1.82) is 0 Å². The zero-order valence-electron chi connectivity index (χ0n) is 26.1. The molecular weight excluding hydrogens is 581 g/mol. The molecule has 0 N–H and O–H groups in total. The fourth-order valence-corrected chi connectivity index (χ4v) is 6.84. The molecular formula is C46H34Si. The van der Waals surface area contributed by atoms with E-state index in [1.165, 1.54) is 66.0 Å². The maximum atomic E-state index is 2.30. The van der Waals surface area contributed by atoms with Gasteiger partial charge in [-0.15, -0.1) is 0 Å². The van der Waals surface area contributed by atoms with Crippen LogP contribution in [0.4, 0.5) is 0 Å². The molecule has 222 valence electrons. The molecule has 7 aromatic carbocycles. The average Bonchev–Trinajstić information content (AvgIpc) is 3.15. The third kappa shape index (κ3) is 7.56. The van der Waals surface area contributed by atoms with Gasteiger partial charge in [0, 0.05) is 0 Å². The van der Waals surface area contributed by atoms with Crippen molar-refractivity contribution in [3.63, 3.8) is 0 Å². The lowest BCUT2D eigenvalue weighted by Crippen LogP contribution is -2.26. The van der Waals surface area contributed by atoms with Crippen molar-refractivity contribution in [2.45, 2.75) is 0 Å². The van der Waals surface area contributed by atoms with E-state index < -0.39 is 0 Å². The first-order chi connectivity index (χ1) is 23.3. The molecule has 0 nitrogen and oxygen atoms in total. The number of rotatable bonds is 9. The van der Waals surface area contributed by atoms with Crippen molar-refractivity contribution in [3.05, 3.63) is 228 Å². The zero-order valence-corrected chi connectivity index (χ0v) is 27.1. The second kappa shape index (κ2) is 14.6.